The molecular weight excluding hydrogens is 248 g/mol. The van der Waals surface area contributed by atoms with Gasteiger partial charge < -0.3 is 10.2 Å². The lowest BCUT2D eigenvalue weighted by Crippen LogP contribution is -2.34. The molecule has 1 atom stereocenters. The Kier molecular flexibility index (Phi) is 4.85. The van der Waals surface area contributed by atoms with E-state index in [0.717, 1.165) is 0 Å². The maximum absolute atomic E-state index is 11.8. The van der Waals surface area contributed by atoms with E-state index in [1.165, 1.54) is 6.07 Å². The summed E-state index contributed by atoms with van der Waals surface area (Å²) in [7, 11) is -3.56. The van der Waals surface area contributed by atoms with E-state index in [1.807, 2.05) is 6.26 Å². The molecule has 5 nitrogen and oxygen atoms in total. The topological polar surface area (TPSA) is 85.3 Å². The van der Waals surface area contributed by atoms with Crippen LogP contribution in [0.5, 0.6) is 0 Å². The van der Waals surface area contributed by atoms with Gasteiger partial charge in [0.1, 0.15) is 5.76 Å². The van der Waals surface area contributed by atoms with Crippen molar-refractivity contribution in [3.8, 4) is 0 Å². The van der Waals surface area contributed by atoms with Crippen LogP contribution in [0.4, 0.5) is 0 Å². The predicted octanol–water partition coefficient (Wildman–Crippen LogP) is 0.768. The van der Waals surface area contributed by atoms with Crippen molar-refractivity contribution in [1.82, 2.24) is 4.72 Å². The summed E-state index contributed by atoms with van der Waals surface area (Å²) in [5, 5.41) is -0.0825. The molecule has 0 amide bonds. The van der Waals surface area contributed by atoms with E-state index in [-0.39, 0.29) is 17.7 Å². The van der Waals surface area contributed by atoms with Crippen LogP contribution in [-0.4, -0.2) is 26.5 Å². The van der Waals surface area contributed by atoms with Crippen LogP contribution in [0.1, 0.15) is 12.7 Å². The summed E-state index contributed by atoms with van der Waals surface area (Å²) in [6, 6.07) is 2.84. The highest BCUT2D eigenvalue weighted by Gasteiger charge is 2.20. The molecule has 0 spiro atoms. The summed E-state index contributed by atoms with van der Waals surface area (Å²) in [6.07, 6.45) is 1.92. The summed E-state index contributed by atoms with van der Waals surface area (Å²) in [6.45, 7) is 2.00. The molecule has 0 saturated carbocycles. The lowest BCUT2D eigenvalue weighted by molar-refractivity contribution is 0.411. The Morgan fingerprint density at radius 1 is 1.56 bits per heavy atom. The Balaban J connectivity index is 2.77. The fourth-order valence-electron chi connectivity index (χ4n) is 1.22. The first kappa shape index (κ1) is 13.6. The molecule has 0 aromatic carbocycles. The fraction of sp³-hybridized carbons (Fsp3) is 0.556. The second-order valence-corrected chi connectivity index (χ2v) is 5.96. The van der Waals surface area contributed by atoms with Crippen LogP contribution in [-0.2, 0) is 16.6 Å². The standard InChI is InChI=1S/C9H16N2O3S2/c1-7(6-15-2)11-16(12,13)9-4-3-8(5-10)14-9/h3-4,7,11H,5-6,10H2,1-2H3. The van der Waals surface area contributed by atoms with Crippen LogP contribution >= 0.6 is 11.8 Å². The van der Waals surface area contributed by atoms with Crippen molar-refractivity contribution in [1.29, 1.82) is 0 Å². The molecule has 92 valence electrons. The molecule has 1 aromatic heterocycles. The number of rotatable bonds is 6. The summed E-state index contributed by atoms with van der Waals surface area (Å²) in [5.74, 6) is 1.17. The van der Waals surface area contributed by atoms with Crippen molar-refractivity contribution in [2.24, 2.45) is 5.73 Å². The van der Waals surface area contributed by atoms with Gasteiger partial charge in [-0.05, 0) is 25.3 Å². The molecule has 0 fully saturated rings. The second kappa shape index (κ2) is 5.72. The Bertz CT molecular complexity index is 428. The van der Waals surface area contributed by atoms with Crippen molar-refractivity contribution < 1.29 is 12.8 Å². The number of thioether (sulfide) groups is 1. The first-order chi connectivity index (χ1) is 7.49. The highest BCUT2D eigenvalue weighted by Crippen LogP contribution is 2.14. The van der Waals surface area contributed by atoms with E-state index < -0.39 is 10.0 Å². The Morgan fingerprint density at radius 2 is 2.25 bits per heavy atom. The van der Waals surface area contributed by atoms with E-state index in [1.54, 1.807) is 24.8 Å². The van der Waals surface area contributed by atoms with E-state index >= 15 is 0 Å². The summed E-state index contributed by atoms with van der Waals surface area (Å²) in [5.41, 5.74) is 5.34. The molecule has 1 aromatic rings. The molecule has 1 heterocycles. The number of nitrogens with one attached hydrogen (secondary N) is 1. The van der Waals surface area contributed by atoms with Gasteiger partial charge in [0.05, 0.1) is 6.54 Å². The smallest absolute Gasteiger partial charge is 0.274 e. The lowest BCUT2D eigenvalue weighted by atomic mass is 10.4. The Morgan fingerprint density at radius 3 is 2.75 bits per heavy atom. The molecule has 0 aliphatic carbocycles. The SMILES string of the molecule is CSCC(C)NS(=O)(=O)c1ccc(CN)o1. The van der Waals surface area contributed by atoms with Gasteiger partial charge in [0, 0.05) is 11.8 Å². The normalized spacial score (nSPS) is 13.9. The van der Waals surface area contributed by atoms with Crippen molar-refractivity contribution in [2.45, 2.75) is 24.6 Å². The Hall–Kier alpha value is -0.500. The highest BCUT2D eigenvalue weighted by atomic mass is 32.2. The number of nitrogens with two attached hydrogens (primary N) is 1. The van der Waals surface area contributed by atoms with E-state index in [2.05, 4.69) is 4.72 Å². The average molecular weight is 264 g/mol. The van der Waals surface area contributed by atoms with Crippen LogP contribution in [0.25, 0.3) is 0 Å². The molecule has 7 heteroatoms. The minimum Gasteiger partial charge on any atom is -0.447 e. The largest absolute Gasteiger partial charge is 0.447 e. The predicted molar refractivity (Wildman–Crippen MR) is 64.8 cm³/mol. The molecule has 0 aliphatic rings. The molecule has 0 aliphatic heterocycles. The van der Waals surface area contributed by atoms with Gasteiger partial charge in [0.25, 0.3) is 10.0 Å². The molecule has 16 heavy (non-hydrogen) atoms. The van der Waals surface area contributed by atoms with Gasteiger partial charge in [0.15, 0.2) is 0 Å². The molecule has 1 rings (SSSR count). The maximum Gasteiger partial charge on any atom is 0.274 e. The van der Waals surface area contributed by atoms with Gasteiger partial charge in [-0.15, -0.1) is 0 Å². The number of furan rings is 1. The minimum absolute atomic E-state index is 0.0825. The lowest BCUT2D eigenvalue weighted by Gasteiger charge is -2.10. The molecule has 0 radical (unpaired) electrons. The summed E-state index contributed by atoms with van der Waals surface area (Å²) < 4.78 is 31.2. The number of hydrogen-bond acceptors (Lipinski definition) is 5. The van der Waals surface area contributed by atoms with Gasteiger partial charge in [-0.3, -0.25) is 0 Å². The minimum atomic E-state index is -3.56. The van der Waals surface area contributed by atoms with Gasteiger partial charge in [-0.2, -0.15) is 11.8 Å². The highest BCUT2D eigenvalue weighted by molar-refractivity contribution is 7.98. The third-order valence-corrected chi connectivity index (χ3v) is 4.17. The van der Waals surface area contributed by atoms with Crippen LogP contribution in [0.3, 0.4) is 0 Å². The molecular formula is C9H16N2O3S2. The van der Waals surface area contributed by atoms with Crippen LogP contribution in [0.2, 0.25) is 0 Å². The van der Waals surface area contributed by atoms with Gasteiger partial charge in [0.2, 0.25) is 5.09 Å². The summed E-state index contributed by atoms with van der Waals surface area (Å²) in [4.78, 5) is 0. The molecule has 1 unspecified atom stereocenters. The zero-order valence-corrected chi connectivity index (χ0v) is 10.9. The Labute approximate surface area is 99.8 Å². The monoisotopic (exact) mass is 264 g/mol. The average Bonchev–Trinajstić information content (AvgIpc) is 2.65. The van der Waals surface area contributed by atoms with Gasteiger partial charge >= 0.3 is 0 Å². The molecule has 3 N–H and O–H groups in total. The fourth-order valence-corrected chi connectivity index (χ4v) is 3.10. The van der Waals surface area contributed by atoms with Crippen molar-refractivity contribution in [2.75, 3.05) is 12.0 Å². The van der Waals surface area contributed by atoms with Crippen LogP contribution in [0, 0.1) is 0 Å². The molecule has 0 bridgehead atoms. The first-order valence-corrected chi connectivity index (χ1v) is 7.67. The third kappa shape index (κ3) is 3.51. The summed E-state index contributed by atoms with van der Waals surface area (Å²) >= 11 is 1.58. The maximum atomic E-state index is 11.8. The first-order valence-electron chi connectivity index (χ1n) is 4.79. The van der Waals surface area contributed by atoms with Crippen molar-refractivity contribution in [3.05, 3.63) is 17.9 Å². The van der Waals surface area contributed by atoms with E-state index in [4.69, 9.17) is 10.2 Å². The quantitative estimate of drug-likeness (QED) is 0.792. The zero-order chi connectivity index (χ0) is 12.2. The van der Waals surface area contributed by atoms with Crippen LogP contribution < -0.4 is 10.5 Å². The van der Waals surface area contributed by atoms with Crippen molar-refractivity contribution >= 4 is 21.8 Å². The number of sulfonamides is 1. The zero-order valence-electron chi connectivity index (χ0n) is 9.26. The third-order valence-electron chi connectivity index (χ3n) is 1.88. The van der Waals surface area contributed by atoms with E-state index in [0.29, 0.717) is 11.5 Å². The number of hydrogen-bond donors (Lipinski definition) is 2. The van der Waals surface area contributed by atoms with Gasteiger partial charge in [-0.25, -0.2) is 13.1 Å². The van der Waals surface area contributed by atoms with E-state index in [9.17, 15) is 8.42 Å². The van der Waals surface area contributed by atoms with Crippen molar-refractivity contribution in [3.63, 3.8) is 0 Å². The van der Waals surface area contributed by atoms with Crippen LogP contribution in [0.15, 0.2) is 21.6 Å². The van der Waals surface area contributed by atoms with Gasteiger partial charge in [-0.1, -0.05) is 0 Å². The molecule has 0 saturated heterocycles. The second-order valence-electron chi connectivity index (χ2n) is 3.40.